The summed E-state index contributed by atoms with van der Waals surface area (Å²) in [7, 11) is 0. The predicted molar refractivity (Wildman–Crippen MR) is 48.6 cm³/mol. The van der Waals surface area contributed by atoms with Gasteiger partial charge in [-0.2, -0.15) is 0 Å². The summed E-state index contributed by atoms with van der Waals surface area (Å²) >= 11 is 0. The van der Waals surface area contributed by atoms with Gasteiger partial charge in [-0.3, -0.25) is 0 Å². The molecule has 0 atom stereocenters. The van der Waals surface area contributed by atoms with Crippen molar-refractivity contribution in [1.29, 1.82) is 0 Å². The molecule has 0 spiro atoms. The van der Waals surface area contributed by atoms with Crippen molar-refractivity contribution < 1.29 is 0 Å². The van der Waals surface area contributed by atoms with Crippen molar-refractivity contribution in [3.63, 3.8) is 0 Å². The SMILES string of the molecule is [CH2]c1ccccc1.[CH3].[GeH4]. The summed E-state index contributed by atoms with van der Waals surface area (Å²) in [6.45, 7) is 3.72. The molecule has 0 aromatic heterocycles. The quantitative estimate of drug-likeness (QED) is 0.523. The number of rotatable bonds is 0. The van der Waals surface area contributed by atoms with Crippen LogP contribution in [-0.2, 0) is 0 Å². The number of hydrogen-bond donors (Lipinski definition) is 0. The van der Waals surface area contributed by atoms with Crippen LogP contribution in [0.4, 0.5) is 0 Å². The van der Waals surface area contributed by atoms with Crippen LogP contribution in [0.1, 0.15) is 5.56 Å². The molecule has 0 aliphatic heterocycles. The third kappa shape index (κ3) is 4.28. The van der Waals surface area contributed by atoms with E-state index in [0.717, 1.165) is 5.56 Å². The second-order valence-electron chi connectivity index (χ2n) is 1.49. The molecule has 1 heteroatoms. The first kappa shape index (κ1) is 11.5. The van der Waals surface area contributed by atoms with E-state index in [1.54, 1.807) is 0 Å². The third-order valence-corrected chi connectivity index (χ3v) is 0.843. The molecule has 0 bridgehead atoms. The first-order valence-electron chi connectivity index (χ1n) is 2.26. The van der Waals surface area contributed by atoms with Crippen LogP contribution < -0.4 is 0 Å². The Morgan fingerprint density at radius 2 is 1.44 bits per heavy atom. The van der Waals surface area contributed by atoms with Crippen LogP contribution in [0.2, 0.25) is 0 Å². The Labute approximate surface area is 68.3 Å². The second kappa shape index (κ2) is 5.89. The molecule has 0 saturated heterocycles. The summed E-state index contributed by atoms with van der Waals surface area (Å²) in [5.74, 6) is 0. The number of benzene rings is 1. The zero-order valence-corrected chi connectivity index (χ0v) is 5.09. The summed E-state index contributed by atoms with van der Waals surface area (Å²) in [5, 5.41) is 0. The molecule has 1 aromatic carbocycles. The van der Waals surface area contributed by atoms with E-state index in [1.807, 2.05) is 30.3 Å². The Kier molecular flexibility index (Phi) is 7.56. The monoisotopic (exact) mass is 184 g/mol. The topological polar surface area (TPSA) is 0 Å². The van der Waals surface area contributed by atoms with Crippen molar-refractivity contribution in [3.8, 4) is 0 Å². The van der Waals surface area contributed by atoms with Gasteiger partial charge in [0.05, 0.1) is 0 Å². The molecule has 1 aromatic rings. The fourth-order valence-electron chi connectivity index (χ4n) is 0.478. The first-order valence-corrected chi connectivity index (χ1v) is 2.26. The predicted octanol–water partition coefficient (Wildman–Crippen LogP) is 0.867. The molecule has 0 heterocycles. The van der Waals surface area contributed by atoms with Crippen LogP contribution >= 0.6 is 0 Å². The van der Waals surface area contributed by atoms with E-state index in [0.29, 0.717) is 0 Å². The minimum absolute atomic E-state index is 0. The van der Waals surface area contributed by atoms with Gasteiger partial charge in [0, 0.05) is 0 Å². The van der Waals surface area contributed by atoms with E-state index in [1.165, 1.54) is 0 Å². The summed E-state index contributed by atoms with van der Waals surface area (Å²) in [4.78, 5) is 0. The molecular weight excluding hydrogens is 169 g/mol. The van der Waals surface area contributed by atoms with E-state index >= 15 is 0 Å². The van der Waals surface area contributed by atoms with Gasteiger partial charge in [-0.15, -0.1) is 0 Å². The second-order valence-corrected chi connectivity index (χ2v) is 1.49. The number of hydrogen-bond acceptors (Lipinski definition) is 0. The molecule has 0 fully saturated rings. The Morgan fingerprint density at radius 1 is 1.00 bits per heavy atom. The van der Waals surface area contributed by atoms with Crippen LogP contribution in [0.25, 0.3) is 0 Å². The maximum atomic E-state index is 3.72. The van der Waals surface area contributed by atoms with Crippen LogP contribution in [0, 0.1) is 14.4 Å². The van der Waals surface area contributed by atoms with Crippen molar-refractivity contribution in [3.05, 3.63) is 50.2 Å². The van der Waals surface area contributed by atoms with Crippen molar-refractivity contribution >= 4 is 17.6 Å². The Bertz CT molecular complexity index is 134. The maximum absolute atomic E-state index is 3.72. The van der Waals surface area contributed by atoms with Crippen LogP contribution in [0.15, 0.2) is 30.3 Å². The third-order valence-electron chi connectivity index (χ3n) is 0.843. The molecule has 9 heavy (non-hydrogen) atoms. The zero-order valence-electron chi connectivity index (χ0n) is 5.09. The van der Waals surface area contributed by atoms with Crippen molar-refractivity contribution in [2.24, 2.45) is 0 Å². The van der Waals surface area contributed by atoms with Gasteiger partial charge in [-0.1, -0.05) is 37.8 Å². The van der Waals surface area contributed by atoms with E-state index in [2.05, 4.69) is 6.92 Å². The molecule has 2 radical (unpaired) electrons. The standard InChI is InChI=1S/C7H7.CH3.GeH4/c1-7-5-3-2-4-6-7;;/h2-6H,1H2;1H3;1H4. The van der Waals surface area contributed by atoms with Gasteiger partial charge in [0.1, 0.15) is 0 Å². The van der Waals surface area contributed by atoms with E-state index in [9.17, 15) is 0 Å². The van der Waals surface area contributed by atoms with E-state index < -0.39 is 0 Å². The van der Waals surface area contributed by atoms with Gasteiger partial charge in [0.15, 0.2) is 0 Å². The van der Waals surface area contributed by atoms with Gasteiger partial charge in [-0.05, 0) is 12.5 Å². The molecule has 0 N–H and O–H groups in total. The molecule has 0 aliphatic rings. The summed E-state index contributed by atoms with van der Waals surface area (Å²) < 4.78 is 0. The van der Waals surface area contributed by atoms with Crippen LogP contribution in [0.3, 0.4) is 0 Å². The van der Waals surface area contributed by atoms with Gasteiger partial charge < -0.3 is 0 Å². The van der Waals surface area contributed by atoms with Crippen molar-refractivity contribution in [2.45, 2.75) is 0 Å². The summed E-state index contributed by atoms with van der Waals surface area (Å²) in [6, 6.07) is 9.87. The van der Waals surface area contributed by atoms with Crippen LogP contribution in [0.5, 0.6) is 0 Å². The van der Waals surface area contributed by atoms with Gasteiger partial charge in [-0.25, -0.2) is 0 Å². The minimum atomic E-state index is 0. The molecule has 0 aliphatic carbocycles. The first-order chi connectivity index (χ1) is 3.39. The van der Waals surface area contributed by atoms with Crippen molar-refractivity contribution in [1.82, 2.24) is 0 Å². The molecule has 0 unspecified atom stereocenters. The molecule has 50 valence electrons. The Hall–Kier alpha value is -0.237. The van der Waals surface area contributed by atoms with Crippen LogP contribution in [-0.4, -0.2) is 17.6 Å². The van der Waals surface area contributed by atoms with E-state index in [-0.39, 0.29) is 25.0 Å². The molecule has 1 rings (SSSR count). The van der Waals surface area contributed by atoms with E-state index in [4.69, 9.17) is 0 Å². The Morgan fingerprint density at radius 3 is 1.67 bits per heavy atom. The normalized spacial score (nSPS) is 6.78. The Balaban J connectivity index is 0. The zero-order chi connectivity index (χ0) is 5.11. The average molecular weight is 183 g/mol. The van der Waals surface area contributed by atoms with Crippen molar-refractivity contribution in [2.75, 3.05) is 0 Å². The fraction of sp³-hybridized carbons (Fsp3) is 0. The molecule has 0 saturated carbocycles. The molecule has 0 nitrogen and oxygen atoms in total. The molecular formula is C8H14Ge. The van der Waals surface area contributed by atoms with Gasteiger partial charge in [0.25, 0.3) is 0 Å². The molecule has 0 amide bonds. The summed E-state index contributed by atoms with van der Waals surface area (Å²) in [5.41, 5.74) is 1.07. The van der Waals surface area contributed by atoms with Gasteiger partial charge >= 0.3 is 17.6 Å². The van der Waals surface area contributed by atoms with Gasteiger partial charge in [0.2, 0.25) is 0 Å². The average Bonchev–Trinajstić information content (AvgIpc) is 1.69. The summed E-state index contributed by atoms with van der Waals surface area (Å²) in [6.07, 6.45) is 0. The fourth-order valence-corrected chi connectivity index (χ4v) is 0.478.